The summed E-state index contributed by atoms with van der Waals surface area (Å²) in [6.07, 6.45) is 5.25. The van der Waals surface area contributed by atoms with E-state index in [1.165, 1.54) is 0 Å². The molecule has 1 aromatic rings. The number of methoxy groups -OCH3 is 3. The second kappa shape index (κ2) is 11.7. The maximum Gasteiger partial charge on any atom is 0.203 e. The Bertz CT molecular complexity index is 531. The van der Waals surface area contributed by atoms with Crippen molar-refractivity contribution in [2.24, 2.45) is 4.99 Å². The number of nitrogens with zero attached hydrogens (tertiary/aromatic N) is 1. The van der Waals surface area contributed by atoms with E-state index in [0.29, 0.717) is 36.3 Å². The summed E-state index contributed by atoms with van der Waals surface area (Å²) in [4.78, 5) is 4.47. The van der Waals surface area contributed by atoms with E-state index in [1.807, 2.05) is 19.1 Å². The van der Waals surface area contributed by atoms with Gasteiger partial charge in [0.2, 0.25) is 5.75 Å². The van der Waals surface area contributed by atoms with Gasteiger partial charge in [0.25, 0.3) is 0 Å². The van der Waals surface area contributed by atoms with Crippen LogP contribution in [0.4, 0.5) is 0 Å². The summed E-state index contributed by atoms with van der Waals surface area (Å²) in [6, 6.07) is 3.74. The molecule has 0 unspecified atom stereocenters. The van der Waals surface area contributed by atoms with Crippen molar-refractivity contribution in [2.45, 2.75) is 13.5 Å². The molecule has 0 atom stereocenters. The molecule has 0 spiro atoms. The lowest BCUT2D eigenvalue weighted by atomic mass is 10.2. The molecular weight excluding hydrogens is 409 g/mol. The molecule has 0 amide bonds. The van der Waals surface area contributed by atoms with Gasteiger partial charge in [0.15, 0.2) is 17.5 Å². The minimum absolute atomic E-state index is 0. The molecule has 2 N–H and O–H groups in total. The monoisotopic (exact) mass is 433 g/mol. The van der Waals surface area contributed by atoms with Gasteiger partial charge in [-0.2, -0.15) is 0 Å². The van der Waals surface area contributed by atoms with Crippen molar-refractivity contribution in [2.75, 3.05) is 34.4 Å². The number of rotatable bonds is 7. The maximum atomic E-state index is 5.33. The van der Waals surface area contributed by atoms with E-state index in [1.54, 1.807) is 21.3 Å². The van der Waals surface area contributed by atoms with Gasteiger partial charge in [-0.25, -0.2) is 4.99 Å². The van der Waals surface area contributed by atoms with Crippen molar-refractivity contribution >= 4 is 29.9 Å². The van der Waals surface area contributed by atoms with E-state index in [2.05, 4.69) is 21.5 Å². The summed E-state index contributed by atoms with van der Waals surface area (Å²) in [5, 5.41) is 6.16. The molecule has 0 saturated heterocycles. The highest BCUT2D eigenvalue weighted by molar-refractivity contribution is 14.0. The topological polar surface area (TPSA) is 64.1 Å². The molecule has 1 rings (SSSR count). The fourth-order valence-corrected chi connectivity index (χ4v) is 1.87. The number of hydrogen-bond donors (Lipinski definition) is 2. The van der Waals surface area contributed by atoms with Crippen LogP contribution in [0.5, 0.6) is 17.2 Å². The molecule has 0 aliphatic carbocycles. The van der Waals surface area contributed by atoms with Crippen LogP contribution >= 0.6 is 24.0 Å². The molecule has 6 nitrogen and oxygen atoms in total. The Kier molecular flexibility index (Phi) is 10.8. The van der Waals surface area contributed by atoms with Crippen molar-refractivity contribution in [3.8, 4) is 29.6 Å². The van der Waals surface area contributed by atoms with Gasteiger partial charge in [0.05, 0.1) is 34.4 Å². The van der Waals surface area contributed by atoms with Crippen LogP contribution in [-0.2, 0) is 6.54 Å². The van der Waals surface area contributed by atoms with Crippen LogP contribution in [0.15, 0.2) is 17.1 Å². The Balaban J connectivity index is 0.00000484. The zero-order valence-electron chi connectivity index (χ0n) is 13.9. The van der Waals surface area contributed by atoms with Gasteiger partial charge in [-0.05, 0) is 24.6 Å². The van der Waals surface area contributed by atoms with Gasteiger partial charge in [-0.3, -0.25) is 0 Å². The lowest BCUT2D eigenvalue weighted by molar-refractivity contribution is 0.324. The molecule has 0 heterocycles. The number of guanidine groups is 1. The normalized spacial score (nSPS) is 10.1. The van der Waals surface area contributed by atoms with Gasteiger partial charge in [-0.1, -0.05) is 5.92 Å². The van der Waals surface area contributed by atoms with E-state index in [0.717, 1.165) is 12.1 Å². The van der Waals surface area contributed by atoms with Crippen LogP contribution in [0.2, 0.25) is 0 Å². The van der Waals surface area contributed by atoms with Crippen LogP contribution < -0.4 is 24.8 Å². The lowest BCUT2D eigenvalue weighted by Crippen LogP contribution is -2.37. The Morgan fingerprint density at radius 2 is 1.74 bits per heavy atom. The molecule has 0 aromatic heterocycles. The van der Waals surface area contributed by atoms with Crippen molar-refractivity contribution in [1.82, 2.24) is 10.6 Å². The second-order valence-electron chi connectivity index (χ2n) is 4.29. The van der Waals surface area contributed by atoms with Crippen LogP contribution in [-0.4, -0.2) is 40.4 Å². The number of aliphatic imine (C=N–C) groups is 1. The molecule has 128 valence electrons. The number of nitrogens with one attached hydrogen (secondary N) is 2. The number of halogens is 1. The third-order valence-corrected chi connectivity index (χ3v) is 2.85. The quantitative estimate of drug-likeness (QED) is 0.298. The molecule has 0 saturated carbocycles. The largest absolute Gasteiger partial charge is 0.493 e. The van der Waals surface area contributed by atoms with Crippen LogP contribution in [0.1, 0.15) is 12.5 Å². The van der Waals surface area contributed by atoms with E-state index >= 15 is 0 Å². The van der Waals surface area contributed by atoms with Crippen LogP contribution in [0, 0.1) is 12.3 Å². The summed E-state index contributed by atoms with van der Waals surface area (Å²) >= 11 is 0. The first kappa shape index (κ1) is 21.2. The lowest BCUT2D eigenvalue weighted by Gasteiger charge is -2.14. The van der Waals surface area contributed by atoms with E-state index < -0.39 is 0 Å². The molecule has 0 bridgehead atoms. The summed E-state index contributed by atoms with van der Waals surface area (Å²) in [5.74, 6) is 4.95. The first-order valence-electron chi connectivity index (χ1n) is 6.94. The highest BCUT2D eigenvalue weighted by Crippen LogP contribution is 2.38. The van der Waals surface area contributed by atoms with Gasteiger partial charge in [-0.15, -0.1) is 30.4 Å². The highest BCUT2D eigenvalue weighted by atomic mass is 127. The summed E-state index contributed by atoms with van der Waals surface area (Å²) in [5.41, 5.74) is 0.937. The van der Waals surface area contributed by atoms with Crippen molar-refractivity contribution in [3.63, 3.8) is 0 Å². The Labute approximate surface area is 155 Å². The number of ether oxygens (including phenoxy) is 3. The molecule has 0 radical (unpaired) electrons. The highest BCUT2D eigenvalue weighted by Gasteiger charge is 2.12. The number of hydrogen-bond acceptors (Lipinski definition) is 4. The van der Waals surface area contributed by atoms with Gasteiger partial charge >= 0.3 is 0 Å². The van der Waals surface area contributed by atoms with Gasteiger partial charge < -0.3 is 24.8 Å². The summed E-state index contributed by atoms with van der Waals surface area (Å²) in [6.45, 7) is 3.62. The third-order valence-electron chi connectivity index (χ3n) is 2.85. The van der Waals surface area contributed by atoms with Crippen LogP contribution in [0.3, 0.4) is 0 Å². The summed E-state index contributed by atoms with van der Waals surface area (Å²) < 4.78 is 16.0. The molecular formula is C16H24IN3O3. The minimum Gasteiger partial charge on any atom is -0.493 e. The van der Waals surface area contributed by atoms with Crippen molar-refractivity contribution < 1.29 is 14.2 Å². The molecule has 23 heavy (non-hydrogen) atoms. The fourth-order valence-electron chi connectivity index (χ4n) is 1.87. The van der Waals surface area contributed by atoms with E-state index in [4.69, 9.17) is 20.6 Å². The number of benzene rings is 1. The zero-order chi connectivity index (χ0) is 16.4. The van der Waals surface area contributed by atoms with Gasteiger partial charge in [0, 0.05) is 6.54 Å². The molecule has 7 heteroatoms. The molecule has 1 aromatic carbocycles. The average molecular weight is 433 g/mol. The second-order valence-corrected chi connectivity index (χ2v) is 4.29. The minimum atomic E-state index is 0. The first-order valence-corrected chi connectivity index (χ1v) is 6.94. The summed E-state index contributed by atoms with van der Waals surface area (Å²) in [7, 11) is 4.75. The maximum absolute atomic E-state index is 5.33. The predicted octanol–water partition coefficient (Wildman–Crippen LogP) is 2.02. The molecule has 0 fully saturated rings. The van der Waals surface area contributed by atoms with E-state index in [9.17, 15) is 0 Å². The zero-order valence-corrected chi connectivity index (χ0v) is 16.3. The third kappa shape index (κ3) is 6.44. The predicted molar refractivity (Wildman–Crippen MR) is 103 cm³/mol. The molecule has 0 aliphatic heterocycles. The smallest absolute Gasteiger partial charge is 0.203 e. The Morgan fingerprint density at radius 1 is 1.13 bits per heavy atom. The Hall–Kier alpha value is -1.82. The molecule has 0 aliphatic rings. The average Bonchev–Trinajstić information content (AvgIpc) is 2.56. The van der Waals surface area contributed by atoms with Crippen LogP contribution in [0.25, 0.3) is 0 Å². The standard InChI is InChI=1S/C16H23N3O3.HI/c1-6-8-18-16(17-7-2)19-11-12-9-13(20-3)15(22-5)14(10-12)21-4;/h1,9-10H,7-8,11H2,2-5H3,(H2,17,18,19);1H. The Morgan fingerprint density at radius 3 is 2.17 bits per heavy atom. The number of terminal acetylenes is 1. The van der Waals surface area contributed by atoms with Crippen molar-refractivity contribution in [1.29, 1.82) is 0 Å². The van der Waals surface area contributed by atoms with Crippen molar-refractivity contribution in [3.05, 3.63) is 17.7 Å². The SMILES string of the molecule is C#CCNC(=NCc1cc(OC)c(OC)c(OC)c1)NCC.I. The first-order chi connectivity index (χ1) is 10.7. The van der Waals surface area contributed by atoms with Gasteiger partial charge in [0.1, 0.15) is 0 Å². The van der Waals surface area contributed by atoms with E-state index in [-0.39, 0.29) is 24.0 Å². The fraction of sp³-hybridized carbons (Fsp3) is 0.438.